The fourth-order valence-corrected chi connectivity index (χ4v) is 6.39. The van der Waals surface area contributed by atoms with Crippen molar-refractivity contribution in [3.63, 3.8) is 0 Å². The van der Waals surface area contributed by atoms with E-state index in [0.29, 0.717) is 42.8 Å². The minimum absolute atomic E-state index is 0.0615. The van der Waals surface area contributed by atoms with E-state index < -0.39 is 10.0 Å². The zero-order chi connectivity index (χ0) is 21.2. The van der Waals surface area contributed by atoms with Gasteiger partial charge in [0.2, 0.25) is 15.9 Å². The predicted octanol–water partition coefficient (Wildman–Crippen LogP) is 4.27. The molecule has 1 aromatic rings. The third-order valence-corrected chi connectivity index (χ3v) is 8.31. The Bertz CT molecular complexity index is 833. The molecule has 3 unspecified atom stereocenters. The van der Waals surface area contributed by atoms with Crippen LogP contribution in [0.1, 0.15) is 59.8 Å². The fraction of sp³-hybridized carbons (Fsp3) is 0.682. The highest BCUT2D eigenvalue weighted by Crippen LogP contribution is 2.49. The van der Waals surface area contributed by atoms with Crippen molar-refractivity contribution >= 4 is 21.6 Å². The highest BCUT2D eigenvalue weighted by atomic mass is 32.2. The molecule has 7 heteroatoms. The van der Waals surface area contributed by atoms with Crippen molar-refractivity contribution in [1.29, 1.82) is 0 Å². The first-order valence-electron chi connectivity index (χ1n) is 10.8. The van der Waals surface area contributed by atoms with E-state index in [4.69, 9.17) is 4.74 Å². The summed E-state index contributed by atoms with van der Waals surface area (Å²) in [5.41, 5.74) is 0.431. The molecule has 1 amide bonds. The van der Waals surface area contributed by atoms with Crippen molar-refractivity contribution in [2.24, 2.45) is 17.8 Å². The topological polar surface area (TPSA) is 75.7 Å². The van der Waals surface area contributed by atoms with Gasteiger partial charge in [-0.25, -0.2) is 8.42 Å². The summed E-state index contributed by atoms with van der Waals surface area (Å²) in [7, 11) is -3.61. The van der Waals surface area contributed by atoms with Crippen LogP contribution in [0.15, 0.2) is 23.1 Å². The van der Waals surface area contributed by atoms with Crippen LogP contribution in [-0.2, 0) is 14.8 Å². The molecule has 6 nitrogen and oxygen atoms in total. The summed E-state index contributed by atoms with van der Waals surface area (Å²) in [4.78, 5) is 12.9. The van der Waals surface area contributed by atoms with Gasteiger partial charge in [0, 0.05) is 19.5 Å². The van der Waals surface area contributed by atoms with E-state index >= 15 is 0 Å². The Morgan fingerprint density at radius 3 is 2.48 bits per heavy atom. The van der Waals surface area contributed by atoms with Gasteiger partial charge in [0.15, 0.2) is 0 Å². The van der Waals surface area contributed by atoms with E-state index in [9.17, 15) is 13.2 Å². The number of rotatable bonds is 9. The molecule has 2 saturated carbocycles. The van der Waals surface area contributed by atoms with E-state index in [0.717, 1.165) is 12.3 Å². The van der Waals surface area contributed by atoms with Crippen LogP contribution in [-0.4, -0.2) is 37.8 Å². The summed E-state index contributed by atoms with van der Waals surface area (Å²) in [5.74, 6) is 2.35. The molecular weight excluding hydrogens is 388 g/mol. The largest absolute Gasteiger partial charge is 0.489 e. The molecule has 0 aliphatic heterocycles. The van der Waals surface area contributed by atoms with Crippen LogP contribution < -0.4 is 10.1 Å². The number of carbonyl (C=O) groups is 1. The van der Waals surface area contributed by atoms with Gasteiger partial charge in [0.25, 0.3) is 0 Å². The van der Waals surface area contributed by atoms with Crippen molar-refractivity contribution in [2.45, 2.75) is 70.8 Å². The molecular formula is C22H34N2O4S. The molecule has 162 valence electrons. The molecule has 0 heterocycles. The fourth-order valence-electron chi connectivity index (χ4n) is 4.90. The number of nitrogens with one attached hydrogen (secondary N) is 1. The van der Waals surface area contributed by atoms with Crippen LogP contribution in [0.2, 0.25) is 0 Å². The molecule has 3 rings (SSSR count). The second-order valence-electron chi connectivity index (χ2n) is 8.60. The van der Waals surface area contributed by atoms with Gasteiger partial charge in [-0.2, -0.15) is 4.31 Å². The van der Waals surface area contributed by atoms with Crippen molar-refractivity contribution in [3.8, 4) is 5.75 Å². The number of ether oxygens (including phenoxy) is 1. The molecule has 0 saturated heterocycles. The summed E-state index contributed by atoms with van der Waals surface area (Å²) < 4.78 is 33.0. The normalized spacial score (nSPS) is 23.7. The van der Waals surface area contributed by atoms with Gasteiger partial charge in [0.1, 0.15) is 5.75 Å². The number of anilines is 1. The lowest BCUT2D eigenvalue weighted by Crippen LogP contribution is -2.30. The van der Waals surface area contributed by atoms with Gasteiger partial charge in [-0.1, -0.05) is 20.3 Å². The molecule has 29 heavy (non-hydrogen) atoms. The number of amides is 1. The number of benzene rings is 1. The van der Waals surface area contributed by atoms with Crippen LogP contribution >= 0.6 is 0 Å². The molecule has 1 aromatic carbocycles. The summed E-state index contributed by atoms with van der Waals surface area (Å²) >= 11 is 0. The Morgan fingerprint density at radius 2 is 1.93 bits per heavy atom. The Labute approximate surface area is 175 Å². The van der Waals surface area contributed by atoms with E-state index in [1.165, 1.54) is 29.6 Å². The van der Waals surface area contributed by atoms with Crippen LogP contribution in [0, 0.1) is 17.8 Å². The van der Waals surface area contributed by atoms with Gasteiger partial charge in [-0.05, 0) is 69.1 Å². The van der Waals surface area contributed by atoms with Gasteiger partial charge < -0.3 is 10.1 Å². The number of hydrogen-bond acceptors (Lipinski definition) is 4. The Kier molecular flexibility index (Phi) is 6.89. The highest BCUT2D eigenvalue weighted by Gasteiger charge is 2.40. The maximum absolute atomic E-state index is 12.9. The number of nitrogens with zero attached hydrogens (tertiary/aromatic N) is 1. The summed E-state index contributed by atoms with van der Waals surface area (Å²) in [6, 6.07) is 4.73. The molecule has 2 bridgehead atoms. The van der Waals surface area contributed by atoms with Crippen molar-refractivity contribution in [2.75, 3.05) is 18.4 Å². The summed E-state index contributed by atoms with van der Waals surface area (Å²) in [6.45, 7) is 8.23. The number of carbonyl (C=O) groups excluding carboxylic acids is 1. The van der Waals surface area contributed by atoms with E-state index in [2.05, 4.69) is 5.32 Å². The molecule has 0 aromatic heterocycles. The monoisotopic (exact) mass is 422 g/mol. The minimum Gasteiger partial charge on any atom is -0.489 e. The molecule has 2 aliphatic carbocycles. The van der Waals surface area contributed by atoms with Crippen LogP contribution in [0.5, 0.6) is 5.75 Å². The van der Waals surface area contributed by atoms with Gasteiger partial charge in [-0.15, -0.1) is 0 Å². The second kappa shape index (κ2) is 9.04. The van der Waals surface area contributed by atoms with Crippen LogP contribution in [0.3, 0.4) is 0 Å². The first-order chi connectivity index (χ1) is 13.7. The molecule has 3 atom stereocenters. The van der Waals surface area contributed by atoms with Crippen molar-refractivity contribution in [1.82, 2.24) is 4.31 Å². The second-order valence-corrected chi connectivity index (χ2v) is 10.5. The van der Waals surface area contributed by atoms with Gasteiger partial charge in [0.05, 0.1) is 16.7 Å². The maximum atomic E-state index is 12.9. The first kappa shape index (κ1) is 22.1. The number of fused-ring (bicyclic) bond motifs is 2. The lowest BCUT2D eigenvalue weighted by molar-refractivity contribution is -0.117. The van der Waals surface area contributed by atoms with Crippen molar-refractivity contribution in [3.05, 3.63) is 18.2 Å². The molecule has 2 fully saturated rings. The molecule has 1 N–H and O–H groups in total. The summed E-state index contributed by atoms with van der Waals surface area (Å²) in [5, 5.41) is 2.94. The maximum Gasteiger partial charge on any atom is 0.243 e. The quantitative estimate of drug-likeness (QED) is 0.645. The highest BCUT2D eigenvalue weighted by molar-refractivity contribution is 7.89. The Morgan fingerprint density at radius 1 is 1.21 bits per heavy atom. The Hall–Kier alpha value is -1.60. The minimum atomic E-state index is -3.61. The summed E-state index contributed by atoms with van der Waals surface area (Å²) in [6.07, 6.45) is 5.36. The molecule has 0 radical (unpaired) electrons. The SMILES string of the molecule is CCN(CC)S(=O)(=O)c1ccc(OC(C)C)c(NC(=O)CC2CC3CCC2C3)c1. The average molecular weight is 423 g/mol. The van der Waals surface area contributed by atoms with Crippen LogP contribution in [0.25, 0.3) is 0 Å². The number of hydrogen-bond donors (Lipinski definition) is 1. The molecule has 0 spiro atoms. The zero-order valence-corrected chi connectivity index (χ0v) is 18.8. The van der Waals surface area contributed by atoms with E-state index in [-0.39, 0.29) is 16.9 Å². The predicted molar refractivity (Wildman–Crippen MR) is 114 cm³/mol. The zero-order valence-electron chi connectivity index (χ0n) is 18.0. The third kappa shape index (κ3) is 4.94. The van der Waals surface area contributed by atoms with Gasteiger partial charge >= 0.3 is 0 Å². The molecule has 2 aliphatic rings. The smallest absolute Gasteiger partial charge is 0.243 e. The average Bonchev–Trinajstić information content (AvgIpc) is 3.26. The standard InChI is InChI=1S/C22H34N2O4S/c1-5-24(6-2)29(26,27)19-9-10-21(28-15(3)4)20(14-19)23-22(25)13-18-12-16-7-8-17(18)11-16/h9-10,14-18H,5-8,11-13H2,1-4H3,(H,23,25). The lowest BCUT2D eigenvalue weighted by atomic mass is 9.86. The van der Waals surface area contributed by atoms with E-state index in [1.807, 2.05) is 27.7 Å². The third-order valence-electron chi connectivity index (χ3n) is 6.26. The Balaban J connectivity index is 1.81. The van der Waals surface area contributed by atoms with Crippen molar-refractivity contribution < 1.29 is 17.9 Å². The van der Waals surface area contributed by atoms with E-state index in [1.54, 1.807) is 12.1 Å². The first-order valence-corrected chi connectivity index (χ1v) is 12.3. The number of sulfonamides is 1. The lowest BCUT2D eigenvalue weighted by Gasteiger charge is -2.22. The van der Waals surface area contributed by atoms with Gasteiger partial charge in [-0.3, -0.25) is 4.79 Å². The van der Waals surface area contributed by atoms with Crippen LogP contribution in [0.4, 0.5) is 5.69 Å².